The van der Waals surface area contributed by atoms with Crippen LogP contribution in [0.3, 0.4) is 0 Å². The predicted molar refractivity (Wildman–Crippen MR) is 57.7 cm³/mol. The number of hydrogen-bond donors (Lipinski definition) is 1. The molecule has 1 aromatic heterocycles. The molecule has 2 heterocycles. The molecule has 0 bridgehead atoms. The van der Waals surface area contributed by atoms with Crippen molar-refractivity contribution in [1.29, 1.82) is 0 Å². The summed E-state index contributed by atoms with van der Waals surface area (Å²) >= 11 is 5.11. The number of hydrogen-bond acceptors (Lipinski definition) is 4. The second kappa shape index (κ2) is 4.04. The third-order valence-corrected chi connectivity index (χ3v) is 3.65. The van der Waals surface area contributed by atoms with E-state index in [4.69, 9.17) is 5.73 Å². The molecule has 13 heavy (non-hydrogen) atoms. The van der Waals surface area contributed by atoms with Gasteiger partial charge >= 0.3 is 0 Å². The minimum absolute atomic E-state index is 0.364. The number of nitrogens with two attached hydrogens (primary N) is 1. The highest BCUT2D eigenvalue weighted by molar-refractivity contribution is 9.11. The van der Waals surface area contributed by atoms with Crippen LogP contribution < -0.4 is 5.73 Å². The zero-order valence-corrected chi connectivity index (χ0v) is 9.64. The third kappa shape index (κ3) is 2.49. The molecule has 0 radical (unpaired) electrons. The smallest absolute Gasteiger partial charge is 0.108 e. The van der Waals surface area contributed by atoms with E-state index in [2.05, 4.69) is 25.8 Å². The average molecular weight is 262 g/mol. The van der Waals surface area contributed by atoms with Crippen LogP contribution in [0.1, 0.15) is 11.4 Å². The molecule has 0 unspecified atom stereocenters. The molecule has 1 aromatic rings. The molecule has 1 saturated heterocycles. The summed E-state index contributed by atoms with van der Waals surface area (Å²) in [6, 6.07) is 0.364. The summed E-state index contributed by atoms with van der Waals surface area (Å²) < 4.78 is 1.10. The maximum Gasteiger partial charge on any atom is 0.108 e. The molecule has 0 amide bonds. The Morgan fingerprint density at radius 2 is 2.62 bits per heavy atom. The molecule has 72 valence electrons. The van der Waals surface area contributed by atoms with Gasteiger partial charge in [0.2, 0.25) is 0 Å². The molecule has 0 saturated carbocycles. The Bertz CT molecular complexity index is 289. The SMILES string of the molecule is N[C@H]1CCN(Cc2ncc(Br)s2)C1. The first kappa shape index (κ1) is 9.58. The fraction of sp³-hybridized carbons (Fsp3) is 0.625. The van der Waals surface area contributed by atoms with Gasteiger partial charge in [-0.2, -0.15) is 0 Å². The summed E-state index contributed by atoms with van der Waals surface area (Å²) in [6.45, 7) is 3.07. The summed E-state index contributed by atoms with van der Waals surface area (Å²) in [5.74, 6) is 0. The van der Waals surface area contributed by atoms with Crippen LogP contribution in [0, 0.1) is 0 Å². The van der Waals surface area contributed by atoms with Gasteiger partial charge in [-0.1, -0.05) is 0 Å². The highest BCUT2D eigenvalue weighted by Gasteiger charge is 2.19. The van der Waals surface area contributed by atoms with Crippen molar-refractivity contribution in [1.82, 2.24) is 9.88 Å². The minimum Gasteiger partial charge on any atom is -0.326 e. The number of nitrogens with zero attached hydrogens (tertiary/aromatic N) is 2. The van der Waals surface area contributed by atoms with Crippen LogP contribution in [0.15, 0.2) is 9.98 Å². The molecule has 1 aliphatic rings. The Kier molecular flexibility index (Phi) is 2.98. The first-order chi connectivity index (χ1) is 6.24. The Morgan fingerprint density at radius 3 is 3.15 bits per heavy atom. The summed E-state index contributed by atoms with van der Waals surface area (Å²) in [5, 5.41) is 1.17. The van der Waals surface area contributed by atoms with Crippen LogP contribution >= 0.6 is 27.3 Å². The van der Waals surface area contributed by atoms with E-state index >= 15 is 0 Å². The van der Waals surface area contributed by atoms with Crippen LogP contribution in [-0.2, 0) is 6.54 Å². The molecule has 1 fully saturated rings. The van der Waals surface area contributed by atoms with E-state index < -0.39 is 0 Å². The normalized spacial score (nSPS) is 24.0. The number of aromatic nitrogens is 1. The van der Waals surface area contributed by atoms with Crippen LogP contribution in [0.4, 0.5) is 0 Å². The van der Waals surface area contributed by atoms with Gasteiger partial charge in [0, 0.05) is 19.1 Å². The van der Waals surface area contributed by atoms with Gasteiger partial charge in [0.15, 0.2) is 0 Å². The molecule has 1 aliphatic heterocycles. The molecule has 3 nitrogen and oxygen atoms in total. The lowest BCUT2D eigenvalue weighted by Gasteiger charge is -2.12. The highest BCUT2D eigenvalue weighted by Crippen LogP contribution is 2.21. The van der Waals surface area contributed by atoms with E-state index in [9.17, 15) is 0 Å². The monoisotopic (exact) mass is 261 g/mol. The first-order valence-electron chi connectivity index (χ1n) is 4.32. The molecule has 1 atom stereocenters. The summed E-state index contributed by atoms with van der Waals surface area (Å²) in [6.07, 6.45) is 2.97. The van der Waals surface area contributed by atoms with Crippen LogP contribution in [0.2, 0.25) is 0 Å². The van der Waals surface area contributed by atoms with Gasteiger partial charge in [-0.15, -0.1) is 11.3 Å². The lowest BCUT2D eigenvalue weighted by molar-refractivity contribution is 0.326. The van der Waals surface area contributed by atoms with Gasteiger partial charge in [-0.3, -0.25) is 4.90 Å². The van der Waals surface area contributed by atoms with Gasteiger partial charge in [-0.05, 0) is 22.4 Å². The number of likely N-dealkylation sites (tertiary alicyclic amines) is 1. The van der Waals surface area contributed by atoms with Crippen LogP contribution in [0.25, 0.3) is 0 Å². The van der Waals surface area contributed by atoms with Gasteiger partial charge in [0.25, 0.3) is 0 Å². The maximum atomic E-state index is 5.82. The summed E-state index contributed by atoms with van der Waals surface area (Å²) in [5.41, 5.74) is 5.82. The molecule has 5 heteroatoms. The Balaban J connectivity index is 1.91. The minimum atomic E-state index is 0.364. The number of rotatable bonds is 2. The van der Waals surface area contributed by atoms with Crippen molar-refractivity contribution in [2.24, 2.45) is 5.73 Å². The molecular formula is C8H12BrN3S. The second-order valence-electron chi connectivity index (χ2n) is 3.34. The van der Waals surface area contributed by atoms with Gasteiger partial charge in [0.1, 0.15) is 5.01 Å². The Labute approximate surface area is 90.1 Å². The van der Waals surface area contributed by atoms with Crippen molar-refractivity contribution < 1.29 is 0 Å². The van der Waals surface area contributed by atoms with E-state index in [0.717, 1.165) is 29.8 Å². The molecule has 2 N–H and O–H groups in total. The van der Waals surface area contributed by atoms with E-state index in [1.807, 2.05) is 6.20 Å². The molecule has 0 spiro atoms. The van der Waals surface area contributed by atoms with Crippen LogP contribution in [-0.4, -0.2) is 29.0 Å². The van der Waals surface area contributed by atoms with Crippen molar-refractivity contribution in [2.45, 2.75) is 19.0 Å². The van der Waals surface area contributed by atoms with Crippen molar-refractivity contribution in [3.05, 3.63) is 15.0 Å². The van der Waals surface area contributed by atoms with E-state index in [0.29, 0.717) is 6.04 Å². The Hall–Kier alpha value is 0.0300. The average Bonchev–Trinajstić information content (AvgIpc) is 2.62. The fourth-order valence-electron chi connectivity index (χ4n) is 1.56. The van der Waals surface area contributed by atoms with E-state index in [1.165, 1.54) is 5.01 Å². The summed E-state index contributed by atoms with van der Waals surface area (Å²) in [7, 11) is 0. The zero-order chi connectivity index (χ0) is 9.26. The van der Waals surface area contributed by atoms with Crippen molar-refractivity contribution in [3.8, 4) is 0 Å². The standard InChI is InChI=1S/C8H12BrN3S/c9-7-3-11-8(13-7)5-12-2-1-6(10)4-12/h3,6H,1-2,4-5,10H2/t6-/m0/s1. The maximum absolute atomic E-state index is 5.82. The Morgan fingerprint density at radius 1 is 1.77 bits per heavy atom. The molecule has 0 aromatic carbocycles. The molecular weight excluding hydrogens is 250 g/mol. The molecule has 2 rings (SSSR count). The van der Waals surface area contributed by atoms with E-state index in [1.54, 1.807) is 11.3 Å². The van der Waals surface area contributed by atoms with Crippen LogP contribution in [0.5, 0.6) is 0 Å². The quantitative estimate of drug-likeness (QED) is 0.876. The van der Waals surface area contributed by atoms with Gasteiger partial charge in [0.05, 0.1) is 16.5 Å². The van der Waals surface area contributed by atoms with E-state index in [-0.39, 0.29) is 0 Å². The zero-order valence-electron chi connectivity index (χ0n) is 7.24. The number of halogens is 1. The number of thiazole rings is 1. The lowest BCUT2D eigenvalue weighted by Crippen LogP contribution is -2.26. The van der Waals surface area contributed by atoms with Gasteiger partial charge < -0.3 is 5.73 Å². The largest absolute Gasteiger partial charge is 0.326 e. The summed E-state index contributed by atoms with van der Waals surface area (Å²) in [4.78, 5) is 6.65. The van der Waals surface area contributed by atoms with Crippen molar-refractivity contribution in [3.63, 3.8) is 0 Å². The first-order valence-corrected chi connectivity index (χ1v) is 5.93. The lowest BCUT2D eigenvalue weighted by atomic mass is 10.3. The second-order valence-corrected chi connectivity index (χ2v) is 5.84. The van der Waals surface area contributed by atoms with Crippen molar-refractivity contribution >= 4 is 27.3 Å². The van der Waals surface area contributed by atoms with Crippen molar-refractivity contribution in [2.75, 3.05) is 13.1 Å². The predicted octanol–water partition coefficient (Wildman–Crippen LogP) is 1.44. The van der Waals surface area contributed by atoms with Gasteiger partial charge in [-0.25, -0.2) is 4.98 Å². The highest BCUT2D eigenvalue weighted by atomic mass is 79.9. The third-order valence-electron chi connectivity index (χ3n) is 2.19. The fourth-order valence-corrected chi connectivity index (χ4v) is 2.90. The topological polar surface area (TPSA) is 42.1 Å². The molecule has 0 aliphatic carbocycles.